The van der Waals surface area contributed by atoms with E-state index in [1.54, 1.807) is 0 Å². The van der Waals surface area contributed by atoms with E-state index in [1.807, 2.05) is 0 Å². The molecule has 0 amide bonds. The van der Waals surface area contributed by atoms with Gasteiger partial charge < -0.3 is 0 Å². The van der Waals surface area contributed by atoms with Crippen molar-refractivity contribution in [1.29, 1.82) is 0 Å². The van der Waals surface area contributed by atoms with E-state index in [4.69, 9.17) is 0 Å². The summed E-state index contributed by atoms with van der Waals surface area (Å²) in [5.74, 6) is 0.929. The van der Waals surface area contributed by atoms with E-state index < -0.39 is 0 Å². The Morgan fingerprint density at radius 1 is 0.839 bits per heavy atom. The zero-order valence-corrected chi connectivity index (χ0v) is 20.2. The van der Waals surface area contributed by atoms with Crippen LogP contribution in [0.3, 0.4) is 0 Å². The first-order chi connectivity index (χ1) is 14.7. The van der Waals surface area contributed by atoms with Crippen LogP contribution in [-0.4, -0.2) is 23.0 Å². The second-order valence-electron chi connectivity index (χ2n) is 9.81. The van der Waals surface area contributed by atoms with E-state index in [2.05, 4.69) is 119 Å². The summed E-state index contributed by atoms with van der Waals surface area (Å²) in [6.07, 6.45) is 4.27. The maximum absolute atomic E-state index is 4.28. The van der Waals surface area contributed by atoms with E-state index in [9.17, 15) is 0 Å². The number of anilines is 1. The van der Waals surface area contributed by atoms with Crippen molar-refractivity contribution in [3.8, 4) is 0 Å². The van der Waals surface area contributed by atoms with E-state index in [0.29, 0.717) is 23.9 Å². The molecule has 0 saturated carbocycles. The average molecular weight is 416 g/mol. The Balaban J connectivity index is 2.22. The Morgan fingerprint density at radius 3 is 1.97 bits per heavy atom. The lowest BCUT2D eigenvalue weighted by molar-refractivity contribution is -0.474. The third-order valence-electron chi connectivity index (χ3n) is 6.20. The van der Waals surface area contributed by atoms with Crippen molar-refractivity contribution in [2.75, 3.05) is 4.90 Å². The van der Waals surface area contributed by atoms with Gasteiger partial charge in [-0.05, 0) is 37.8 Å². The molecule has 2 heteroatoms. The Kier molecular flexibility index (Phi) is 7.20. The van der Waals surface area contributed by atoms with Crippen LogP contribution in [0.2, 0.25) is 0 Å². The molecular weight excluding hydrogens is 376 g/mol. The molecule has 3 rings (SSSR count). The van der Waals surface area contributed by atoms with Crippen LogP contribution in [0.4, 0.5) is 11.4 Å². The first-order valence-electron chi connectivity index (χ1n) is 11.6. The lowest BCUT2D eigenvalue weighted by Gasteiger charge is -2.26. The van der Waals surface area contributed by atoms with Crippen molar-refractivity contribution < 1.29 is 4.58 Å². The summed E-state index contributed by atoms with van der Waals surface area (Å²) in [7, 11) is 0. The van der Waals surface area contributed by atoms with Gasteiger partial charge in [-0.3, -0.25) is 0 Å². The fraction of sp³-hybridized carbons (Fsp3) is 0.414. The van der Waals surface area contributed by atoms with Crippen LogP contribution < -0.4 is 4.90 Å². The molecule has 0 bridgehead atoms. The van der Waals surface area contributed by atoms with Gasteiger partial charge in [-0.15, -0.1) is 0 Å². The van der Waals surface area contributed by atoms with E-state index in [-0.39, 0.29) is 0 Å². The van der Waals surface area contributed by atoms with Gasteiger partial charge in [0, 0.05) is 24.0 Å². The predicted molar refractivity (Wildman–Crippen MR) is 136 cm³/mol. The van der Waals surface area contributed by atoms with Crippen molar-refractivity contribution in [2.24, 2.45) is 0 Å². The molecule has 0 saturated heterocycles. The lowest BCUT2D eigenvalue weighted by atomic mass is 9.92. The monoisotopic (exact) mass is 415 g/mol. The third-order valence-corrected chi connectivity index (χ3v) is 6.20. The highest BCUT2D eigenvalue weighted by molar-refractivity contribution is 5.82. The average Bonchev–Trinajstić information content (AvgIpc) is 3.04. The van der Waals surface area contributed by atoms with E-state index in [0.717, 1.165) is 12.8 Å². The van der Waals surface area contributed by atoms with Crippen LogP contribution in [-0.2, 0) is 0 Å². The maximum atomic E-state index is 4.28. The van der Waals surface area contributed by atoms with Crippen molar-refractivity contribution in [3.05, 3.63) is 84.0 Å². The zero-order chi connectivity index (χ0) is 22.7. The summed E-state index contributed by atoms with van der Waals surface area (Å²) in [5.41, 5.74) is 7.82. The fourth-order valence-corrected chi connectivity index (χ4v) is 4.76. The van der Waals surface area contributed by atoms with Crippen molar-refractivity contribution >= 4 is 17.7 Å². The molecule has 0 unspecified atom stereocenters. The molecule has 164 valence electrons. The molecule has 0 aliphatic carbocycles. The van der Waals surface area contributed by atoms with E-state index in [1.165, 1.54) is 33.6 Å². The standard InChI is InChI=1S/C29H39N2/c1-20(2)17-28-29(18-21(3)4)31(27-16-12-10-14-25(27)23(7)8)19-30(28)26-15-11-9-13-24(26)22(5)6/h9-16,19,22-23,28-29H,1,3,17-18H2,2,4-8H3/q+1/t28-,29-/m0/s1. The zero-order valence-electron chi connectivity index (χ0n) is 20.2. The largest absolute Gasteiger partial charge is 0.245 e. The SMILES string of the molecule is C=C(C)C[C@H]1[C@H](CC(=C)C)[N+](c2ccccc2C(C)C)=CN1c1ccccc1C(C)C. The lowest BCUT2D eigenvalue weighted by Crippen LogP contribution is -2.39. The second-order valence-corrected chi connectivity index (χ2v) is 9.81. The van der Waals surface area contributed by atoms with Crippen LogP contribution in [0.15, 0.2) is 72.8 Å². The maximum Gasteiger partial charge on any atom is 0.245 e. The molecule has 2 nitrogen and oxygen atoms in total. The Labute approximate surface area is 189 Å². The first kappa shape index (κ1) is 23.1. The van der Waals surface area contributed by atoms with Gasteiger partial charge >= 0.3 is 0 Å². The molecule has 0 fully saturated rings. The van der Waals surface area contributed by atoms with Gasteiger partial charge in [0.15, 0.2) is 0 Å². The van der Waals surface area contributed by atoms with Gasteiger partial charge in [-0.1, -0.05) is 88.4 Å². The summed E-state index contributed by atoms with van der Waals surface area (Å²) in [5, 5.41) is 0. The highest BCUT2D eigenvalue weighted by Crippen LogP contribution is 2.38. The predicted octanol–water partition coefficient (Wildman–Crippen LogP) is 7.80. The molecule has 2 atom stereocenters. The normalized spacial score (nSPS) is 18.6. The topological polar surface area (TPSA) is 6.25 Å². The fourth-order valence-electron chi connectivity index (χ4n) is 4.76. The van der Waals surface area contributed by atoms with Crippen LogP contribution in [0.1, 0.15) is 77.3 Å². The van der Waals surface area contributed by atoms with Gasteiger partial charge in [0.05, 0.1) is 0 Å². The number of rotatable bonds is 8. The molecule has 2 aromatic carbocycles. The van der Waals surface area contributed by atoms with E-state index >= 15 is 0 Å². The second kappa shape index (κ2) is 9.68. The summed E-state index contributed by atoms with van der Waals surface area (Å²) in [6, 6.07) is 18.3. The van der Waals surface area contributed by atoms with Gasteiger partial charge in [0.2, 0.25) is 6.34 Å². The molecule has 0 N–H and O–H groups in total. The van der Waals surface area contributed by atoms with Crippen molar-refractivity contribution in [2.45, 2.75) is 78.3 Å². The van der Waals surface area contributed by atoms with Crippen LogP contribution in [0, 0.1) is 0 Å². The minimum atomic E-state index is 0.314. The summed E-state index contributed by atoms with van der Waals surface area (Å²) in [6.45, 7) is 22.0. The van der Waals surface area contributed by atoms with Gasteiger partial charge in [0.25, 0.3) is 0 Å². The van der Waals surface area contributed by atoms with Gasteiger partial charge in [0.1, 0.15) is 23.5 Å². The Bertz CT molecular complexity index is 980. The first-order valence-corrected chi connectivity index (χ1v) is 11.6. The molecule has 2 aromatic rings. The number of para-hydroxylation sites is 2. The van der Waals surface area contributed by atoms with Crippen LogP contribution in [0.25, 0.3) is 0 Å². The van der Waals surface area contributed by atoms with Gasteiger partial charge in [-0.25, -0.2) is 9.48 Å². The third kappa shape index (κ3) is 5.01. The number of nitrogens with zero attached hydrogens (tertiary/aromatic N) is 2. The molecule has 1 heterocycles. The molecule has 0 radical (unpaired) electrons. The van der Waals surface area contributed by atoms with Crippen LogP contribution >= 0.6 is 0 Å². The van der Waals surface area contributed by atoms with Crippen molar-refractivity contribution in [1.82, 2.24) is 0 Å². The number of hydrogen-bond donors (Lipinski definition) is 0. The molecule has 1 aliphatic heterocycles. The molecule has 1 aliphatic rings. The van der Waals surface area contributed by atoms with Crippen molar-refractivity contribution in [3.63, 3.8) is 0 Å². The molecule has 0 spiro atoms. The molecule has 31 heavy (non-hydrogen) atoms. The highest BCUT2D eigenvalue weighted by Gasteiger charge is 2.44. The minimum absolute atomic E-state index is 0.314. The van der Waals surface area contributed by atoms with Gasteiger partial charge in [-0.2, -0.15) is 0 Å². The van der Waals surface area contributed by atoms with Crippen LogP contribution in [0.5, 0.6) is 0 Å². The molecular formula is C29H39N2+. The number of hydrogen-bond acceptors (Lipinski definition) is 1. The Hall–Kier alpha value is -2.61. The number of benzene rings is 2. The highest BCUT2D eigenvalue weighted by atomic mass is 15.3. The smallest absolute Gasteiger partial charge is 0.226 e. The summed E-state index contributed by atoms with van der Waals surface area (Å²) in [4.78, 5) is 2.51. The summed E-state index contributed by atoms with van der Waals surface area (Å²) >= 11 is 0. The Morgan fingerprint density at radius 2 is 1.39 bits per heavy atom. The molecule has 0 aromatic heterocycles. The summed E-state index contributed by atoms with van der Waals surface area (Å²) < 4.78 is 2.51. The minimum Gasteiger partial charge on any atom is -0.226 e. The quantitative estimate of drug-likeness (QED) is 0.315.